The van der Waals surface area contributed by atoms with Gasteiger partial charge in [0.15, 0.2) is 0 Å². The van der Waals surface area contributed by atoms with Crippen LogP contribution in [0.25, 0.3) is 0 Å². The van der Waals surface area contributed by atoms with Crippen molar-refractivity contribution in [2.45, 2.75) is 13.8 Å². The summed E-state index contributed by atoms with van der Waals surface area (Å²) in [5.41, 5.74) is 2.25. The molecule has 0 aliphatic heterocycles. The molecule has 1 rings (SSSR count). The fraction of sp³-hybridized carbons (Fsp3) is 0.125. The van der Waals surface area contributed by atoms with E-state index in [9.17, 15) is 0 Å². The molecule has 0 bridgehead atoms. The van der Waals surface area contributed by atoms with Crippen molar-refractivity contribution in [3.8, 4) is 0 Å². The molecule has 0 aliphatic carbocycles. The Morgan fingerprint density at radius 2 is 1.71 bits per heavy atom. The number of allylic oxidation sites excluding steroid dienone is 3. The SMILES string of the molecule is C=C(Br)/C=C(\C=C(/C)Br)C(=N)OC(=N)c1ccc(C)cc1. The molecule has 0 spiro atoms. The molecule has 0 saturated carbocycles. The average Bonchev–Trinajstić information content (AvgIpc) is 2.37. The van der Waals surface area contributed by atoms with Gasteiger partial charge in [-0.2, -0.15) is 0 Å². The lowest BCUT2D eigenvalue weighted by atomic mass is 10.1. The maximum Gasteiger partial charge on any atom is 0.221 e. The van der Waals surface area contributed by atoms with Crippen LogP contribution in [0.5, 0.6) is 0 Å². The van der Waals surface area contributed by atoms with Gasteiger partial charge in [-0.3, -0.25) is 10.8 Å². The minimum absolute atomic E-state index is 0.0632. The van der Waals surface area contributed by atoms with Crippen LogP contribution in [0, 0.1) is 17.7 Å². The van der Waals surface area contributed by atoms with Crippen molar-refractivity contribution in [3.05, 3.63) is 68.7 Å². The number of rotatable bonds is 4. The molecule has 0 amide bonds. The van der Waals surface area contributed by atoms with Crippen molar-refractivity contribution in [2.24, 2.45) is 0 Å². The van der Waals surface area contributed by atoms with Crippen LogP contribution in [-0.4, -0.2) is 11.8 Å². The molecule has 110 valence electrons. The molecule has 0 unspecified atom stereocenters. The minimum Gasteiger partial charge on any atom is -0.421 e. The molecule has 3 nitrogen and oxygen atoms in total. The highest BCUT2D eigenvalue weighted by Crippen LogP contribution is 2.16. The lowest BCUT2D eigenvalue weighted by Crippen LogP contribution is -2.13. The smallest absolute Gasteiger partial charge is 0.221 e. The van der Waals surface area contributed by atoms with Crippen LogP contribution in [0.15, 0.2) is 57.5 Å². The summed E-state index contributed by atoms with van der Waals surface area (Å²) in [5, 5.41) is 15.9. The second-order valence-electron chi connectivity index (χ2n) is 4.40. The van der Waals surface area contributed by atoms with E-state index in [2.05, 4.69) is 38.4 Å². The Hall–Kier alpha value is -1.46. The van der Waals surface area contributed by atoms with Gasteiger partial charge in [-0.1, -0.05) is 56.1 Å². The number of aryl methyl sites for hydroxylation is 1. The number of benzene rings is 1. The molecule has 2 N–H and O–H groups in total. The normalized spacial score (nSPS) is 12.0. The number of hydrogen-bond donors (Lipinski definition) is 2. The highest BCUT2D eigenvalue weighted by molar-refractivity contribution is 9.12. The quantitative estimate of drug-likeness (QED) is 0.386. The Morgan fingerprint density at radius 1 is 1.14 bits per heavy atom. The number of hydrogen-bond acceptors (Lipinski definition) is 3. The monoisotopic (exact) mass is 410 g/mol. The molecular weight excluding hydrogens is 396 g/mol. The summed E-state index contributed by atoms with van der Waals surface area (Å²) in [5.74, 6) is -0.174. The number of halogens is 2. The standard InChI is InChI=1S/C16H16Br2N2O/c1-10-4-6-13(7-5-10)15(19)21-16(20)14(8-11(2)17)9-12(3)18/h4-9,19-20H,2H2,1,3H3/b12-9+,14-8+,19-15?,20-16?. The van der Waals surface area contributed by atoms with Crippen LogP contribution in [0.4, 0.5) is 0 Å². The van der Waals surface area contributed by atoms with Gasteiger partial charge in [0, 0.05) is 15.6 Å². The van der Waals surface area contributed by atoms with Crippen molar-refractivity contribution < 1.29 is 4.74 Å². The molecule has 0 aliphatic rings. The fourth-order valence-corrected chi connectivity index (χ4v) is 1.97. The van der Waals surface area contributed by atoms with Gasteiger partial charge in [0.2, 0.25) is 11.8 Å². The van der Waals surface area contributed by atoms with Gasteiger partial charge in [-0.05, 0) is 42.6 Å². The second-order valence-corrected chi connectivity index (χ2v) is 6.67. The average molecular weight is 412 g/mol. The van der Waals surface area contributed by atoms with Gasteiger partial charge in [-0.15, -0.1) is 0 Å². The van der Waals surface area contributed by atoms with E-state index >= 15 is 0 Å². The molecule has 0 fully saturated rings. The summed E-state index contributed by atoms with van der Waals surface area (Å²) in [6, 6.07) is 7.39. The van der Waals surface area contributed by atoms with E-state index in [1.54, 1.807) is 24.3 Å². The molecule has 1 aromatic carbocycles. The van der Waals surface area contributed by atoms with Crippen LogP contribution in [0.2, 0.25) is 0 Å². The van der Waals surface area contributed by atoms with E-state index in [0.29, 0.717) is 15.6 Å². The van der Waals surface area contributed by atoms with Crippen molar-refractivity contribution in [3.63, 3.8) is 0 Å². The van der Waals surface area contributed by atoms with Gasteiger partial charge in [0.05, 0.1) is 0 Å². The molecule has 1 aromatic rings. The first kappa shape index (κ1) is 17.6. The third-order valence-electron chi connectivity index (χ3n) is 2.45. The number of ether oxygens (including phenoxy) is 1. The third-order valence-corrected chi connectivity index (χ3v) is 2.90. The Kier molecular flexibility index (Phi) is 6.78. The van der Waals surface area contributed by atoms with Crippen LogP contribution >= 0.6 is 31.9 Å². The Balaban J connectivity index is 2.91. The summed E-state index contributed by atoms with van der Waals surface area (Å²) in [7, 11) is 0. The molecule has 0 saturated heterocycles. The lowest BCUT2D eigenvalue weighted by molar-refractivity contribution is 0.538. The summed E-state index contributed by atoms with van der Waals surface area (Å²) in [4.78, 5) is 0. The molecule has 5 heteroatoms. The van der Waals surface area contributed by atoms with Crippen molar-refractivity contribution >= 4 is 43.7 Å². The molecule has 0 aromatic heterocycles. The van der Waals surface area contributed by atoms with E-state index in [-0.39, 0.29) is 11.8 Å². The van der Waals surface area contributed by atoms with E-state index in [1.165, 1.54) is 0 Å². The van der Waals surface area contributed by atoms with Gasteiger partial charge in [0.1, 0.15) is 0 Å². The third kappa shape index (κ3) is 6.23. The first-order valence-corrected chi connectivity index (χ1v) is 7.70. The lowest BCUT2D eigenvalue weighted by Gasteiger charge is -2.09. The first-order valence-electron chi connectivity index (χ1n) is 6.12. The zero-order valence-electron chi connectivity index (χ0n) is 11.8. The summed E-state index contributed by atoms with van der Waals surface area (Å²) >= 11 is 6.55. The Labute approximate surface area is 141 Å². The van der Waals surface area contributed by atoms with E-state index in [1.807, 2.05) is 26.0 Å². The topological polar surface area (TPSA) is 56.9 Å². The first-order chi connectivity index (χ1) is 9.79. The van der Waals surface area contributed by atoms with Gasteiger partial charge >= 0.3 is 0 Å². The number of nitrogens with one attached hydrogen (secondary N) is 2. The summed E-state index contributed by atoms with van der Waals surface area (Å²) in [6.45, 7) is 7.55. The maximum absolute atomic E-state index is 8.00. The molecular formula is C16H16Br2N2O. The van der Waals surface area contributed by atoms with Crippen LogP contribution in [0.3, 0.4) is 0 Å². The second kappa shape index (κ2) is 8.10. The zero-order valence-corrected chi connectivity index (χ0v) is 15.0. The van der Waals surface area contributed by atoms with E-state index in [4.69, 9.17) is 15.6 Å². The maximum atomic E-state index is 8.00. The van der Waals surface area contributed by atoms with Crippen LogP contribution < -0.4 is 0 Å². The Morgan fingerprint density at radius 3 is 2.19 bits per heavy atom. The predicted octanol–water partition coefficient (Wildman–Crippen LogP) is 5.45. The van der Waals surface area contributed by atoms with Gasteiger partial charge in [0.25, 0.3) is 0 Å². The highest BCUT2D eigenvalue weighted by Gasteiger charge is 2.10. The van der Waals surface area contributed by atoms with Gasteiger partial charge in [-0.25, -0.2) is 0 Å². The van der Waals surface area contributed by atoms with E-state index < -0.39 is 0 Å². The predicted molar refractivity (Wildman–Crippen MR) is 95.7 cm³/mol. The fourth-order valence-electron chi connectivity index (χ4n) is 1.48. The molecule has 0 atom stereocenters. The molecule has 0 radical (unpaired) electrons. The van der Waals surface area contributed by atoms with Gasteiger partial charge < -0.3 is 4.74 Å². The highest BCUT2D eigenvalue weighted by atomic mass is 79.9. The zero-order chi connectivity index (χ0) is 16.0. The Bertz CT molecular complexity index is 624. The molecule has 21 heavy (non-hydrogen) atoms. The van der Waals surface area contributed by atoms with Crippen molar-refractivity contribution in [1.29, 1.82) is 10.8 Å². The summed E-state index contributed by atoms with van der Waals surface area (Å²) < 4.78 is 6.78. The largest absolute Gasteiger partial charge is 0.421 e. The summed E-state index contributed by atoms with van der Waals surface area (Å²) in [6.07, 6.45) is 3.40. The van der Waals surface area contributed by atoms with Crippen molar-refractivity contribution in [1.82, 2.24) is 0 Å². The minimum atomic E-state index is -0.111. The van der Waals surface area contributed by atoms with Crippen LogP contribution in [-0.2, 0) is 4.74 Å². The molecule has 0 heterocycles. The van der Waals surface area contributed by atoms with E-state index in [0.717, 1.165) is 10.0 Å². The van der Waals surface area contributed by atoms with Crippen molar-refractivity contribution in [2.75, 3.05) is 0 Å². The van der Waals surface area contributed by atoms with Crippen LogP contribution in [0.1, 0.15) is 18.1 Å².